The van der Waals surface area contributed by atoms with Gasteiger partial charge in [-0.2, -0.15) is 0 Å². The third kappa shape index (κ3) is 4.85. The van der Waals surface area contributed by atoms with Crippen molar-refractivity contribution in [1.29, 1.82) is 0 Å². The number of anilines is 1. The second-order valence-electron chi connectivity index (χ2n) is 8.78. The van der Waals surface area contributed by atoms with Gasteiger partial charge in [-0.3, -0.25) is 9.69 Å². The third-order valence-corrected chi connectivity index (χ3v) is 6.70. The maximum atomic E-state index is 13.3. The van der Waals surface area contributed by atoms with Crippen molar-refractivity contribution < 1.29 is 19.0 Å². The fraction of sp³-hybridized carbons (Fsp3) is 0.250. The van der Waals surface area contributed by atoms with Crippen molar-refractivity contribution in [2.45, 2.75) is 13.5 Å². The predicted molar refractivity (Wildman–Crippen MR) is 141 cm³/mol. The van der Waals surface area contributed by atoms with Crippen molar-refractivity contribution >= 4 is 28.3 Å². The van der Waals surface area contributed by atoms with Gasteiger partial charge in [0.25, 0.3) is 0 Å². The number of hydrogen-bond acceptors (Lipinski definition) is 7. The van der Waals surface area contributed by atoms with Crippen LogP contribution in [0.4, 0.5) is 5.69 Å². The van der Waals surface area contributed by atoms with Crippen LogP contribution in [0.3, 0.4) is 0 Å². The van der Waals surface area contributed by atoms with Crippen LogP contribution in [-0.4, -0.2) is 43.3 Å². The van der Waals surface area contributed by atoms with Crippen molar-refractivity contribution in [2.75, 3.05) is 38.2 Å². The molecule has 0 aliphatic carbocycles. The summed E-state index contributed by atoms with van der Waals surface area (Å²) >= 11 is 6.15. The van der Waals surface area contributed by atoms with Crippen molar-refractivity contribution in [3.05, 3.63) is 87.2 Å². The number of nitrogens with zero attached hydrogens (tertiary/aromatic N) is 2. The molecule has 0 radical (unpaired) electrons. The summed E-state index contributed by atoms with van der Waals surface area (Å²) in [5, 5.41) is 11.8. The molecule has 3 aromatic carbocycles. The Bertz CT molecular complexity index is 1440. The number of piperazine rings is 1. The topological polar surface area (TPSA) is 75.4 Å². The second-order valence-corrected chi connectivity index (χ2v) is 9.21. The van der Waals surface area contributed by atoms with Gasteiger partial charge in [-0.25, -0.2) is 0 Å². The number of ether oxygens (including phenoxy) is 2. The van der Waals surface area contributed by atoms with Gasteiger partial charge in [0.05, 0.1) is 18.1 Å². The lowest BCUT2D eigenvalue weighted by atomic mass is 10.1. The standard InChI is InChI=1S/C28H27ClN2O5/c1-18-27(36-22-8-6-21(34-2)7-9-22)26(33)23-10-11-25(32)24(28(23)35-18)17-30-12-14-31(15-13-30)20-5-3-4-19(29)16-20/h3-11,16,32H,12-15,17H2,1-2H3. The van der Waals surface area contributed by atoms with E-state index in [4.69, 9.17) is 25.5 Å². The Morgan fingerprint density at radius 1 is 1.00 bits per heavy atom. The molecular weight excluding hydrogens is 480 g/mol. The van der Waals surface area contributed by atoms with Gasteiger partial charge in [0.2, 0.25) is 11.2 Å². The van der Waals surface area contributed by atoms with E-state index < -0.39 is 0 Å². The molecule has 0 saturated carbocycles. The highest BCUT2D eigenvalue weighted by Crippen LogP contribution is 2.32. The van der Waals surface area contributed by atoms with Crippen LogP contribution < -0.4 is 19.8 Å². The highest BCUT2D eigenvalue weighted by Gasteiger charge is 2.23. The number of rotatable bonds is 6. The lowest BCUT2D eigenvalue weighted by Crippen LogP contribution is -2.46. The lowest BCUT2D eigenvalue weighted by molar-refractivity contribution is 0.246. The highest BCUT2D eigenvalue weighted by molar-refractivity contribution is 6.30. The van der Waals surface area contributed by atoms with E-state index in [0.29, 0.717) is 40.3 Å². The quantitative estimate of drug-likeness (QED) is 0.365. The molecule has 5 rings (SSSR count). The molecule has 36 heavy (non-hydrogen) atoms. The van der Waals surface area contributed by atoms with Crippen LogP contribution in [0.25, 0.3) is 11.0 Å². The Morgan fingerprint density at radius 3 is 2.42 bits per heavy atom. The van der Waals surface area contributed by atoms with Gasteiger partial charge in [-0.1, -0.05) is 17.7 Å². The van der Waals surface area contributed by atoms with E-state index in [-0.39, 0.29) is 16.9 Å². The smallest absolute Gasteiger partial charge is 0.235 e. The van der Waals surface area contributed by atoms with Crippen LogP contribution >= 0.6 is 11.6 Å². The van der Waals surface area contributed by atoms with Crippen LogP contribution in [0.1, 0.15) is 11.3 Å². The normalized spacial score (nSPS) is 14.2. The van der Waals surface area contributed by atoms with Crippen LogP contribution in [0, 0.1) is 6.92 Å². The first-order valence-electron chi connectivity index (χ1n) is 11.8. The van der Waals surface area contributed by atoms with Gasteiger partial charge in [-0.15, -0.1) is 0 Å². The Kier molecular flexibility index (Phi) is 6.76. The van der Waals surface area contributed by atoms with Crippen LogP contribution in [0.5, 0.6) is 23.0 Å². The minimum atomic E-state index is -0.281. The minimum Gasteiger partial charge on any atom is -0.507 e. The summed E-state index contributed by atoms with van der Waals surface area (Å²) in [7, 11) is 1.59. The molecule has 0 unspecified atom stereocenters. The highest BCUT2D eigenvalue weighted by atomic mass is 35.5. The van der Waals surface area contributed by atoms with E-state index in [1.54, 1.807) is 50.4 Å². The summed E-state index contributed by atoms with van der Waals surface area (Å²) in [6, 6.07) is 18.0. The number of methoxy groups -OCH3 is 1. The number of hydrogen-bond donors (Lipinski definition) is 1. The number of benzene rings is 3. The van der Waals surface area contributed by atoms with Crippen LogP contribution in [0.2, 0.25) is 5.02 Å². The first-order chi connectivity index (χ1) is 17.4. The van der Waals surface area contributed by atoms with E-state index in [1.807, 2.05) is 18.2 Å². The number of aryl methyl sites for hydroxylation is 1. The molecule has 7 nitrogen and oxygen atoms in total. The average molecular weight is 507 g/mol. The van der Waals surface area contributed by atoms with Gasteiger partial charge in [-0.05, 0) is 61.5 Å². The lowest BCUT2D eigenvalue weighted by Gasteiger charge is -2.36. The summed E-state index contributed by atoms with van der Waals surface area (Å²) in [5.41, 5.74) is 1.80. The van der Waals surface area contributed by atoms with Crippen molar-refractivity contribution in [2.24, 2.45) is 0 Å². The molecule has 2 heterocycles. The molecule has 0 bridgehead atoms. The molecule has 1 aliphatic rings. The van der Waals surface area contributed by atoms with Crippen molar-refractivity contribution in [1.82, 2.24) is 4.90 Å². The molecule has 4 aromatic rings. The fourth-order valence-electron chi connectivity index (χ4n) is 4.49. The Labute approximate surface area is 214 Å². The number of aromatic hydroxyl groups is 1. The molecule has 1 N–H and O–H groups in total. The number of phenolic OH excluding ortho intramolecular Hbond substituents is 1. The second kappa shape index (κ2) is 10.1. The molecule has 8 heteroatoms. The summed E-state index contributed by atoms with van der Waals surface area (Å²) in [5.74, 6) is 1.77. The van der Waals surface area contributed by atoms with E-state index in [1.165, 1.54) is 0 Å². The number of fused-ring (bicyclic) bond motifs is 1. The number of phenols is 1. The first-order valence-corrected chi connectivity index (χ1v) is 12.1. The SMILES string of the molecule is COc1ccc(Oc2c(C)oc3c(CN4CCN(c5cccc(Cl)c5)CC4)c(O)ccc3c2=O)cc1. The fourth-order valence-corrected chi connectivity index (χ4v) is 4.67. The molecule has 186 valence electrons. The maximum Gasteiger partial charge on any atom is 0.235 e. The van der Waals surface area contributed by atoms with Gasteiger partial charge in [0.1, 0.15) is 28.6 Å². The molecule has 0 amide bonds. The van der Waals surface area contributed by atoms with Gasteiger partial charge in [0, 0.05) is 43.4 Å². The molecule has 1 aliphatic heterocycles. The average Bonchev–Trinajstić information content (AvgIpc) is 2.89. The van der Waals surface area contributed by atoms with Gasteiger partial charge < -0.3 is 23.9 Å². The molecule has 1 saturated heterocycles. The zero-order chi connectivity index (χ0) is 25.2. The zero-order valence-electron chi connectivity index (χ0n) is 20.2. The maximum absolute atomic E-state index is 13.3. The third-order valence-electron chi connectivity index (χ3n) is 6.47. The molecule has 0 spiro atoms. The Balaban J connectivity index is 1.38. The molecule has 1 aromatic heterocycles. The van der Waals surface area contributed by atoms with Gasteiger partial charge >= 0.3 is 0 Å². The van der Waals surface area contributed by atoms with Crippen molar-refractivity contribution in [3.63, 3.8) is 0 Å². The van der Waals surface area contributed by atoms with Crippen LogP contribution in [-0.2, 0) is 6.54 Å². The summed E-state index contributed by atoms with van der Waals surface area (Å²) in [6.45, 7) is 5.41. The predicted octanol–water partition coefficient (Wildman–Crippen LogP) is 5.58. The first kappa shape index (κ1) is 24.0. The zero-order valence-corrected chi connectivity index (χ0v) is 20.9. The minimum absolute atomic E-state index is 0.103. The Morgan fingerprint density at radius 2 is 1.72 bits per heavy atom. The summed E-state index contributed by atoms with van der Waals surface area (Å²) < 4.78 is 17.1. The molecular formula is C28H27ClN2O5. The van der Waals surface area contributed by atoms with E-state index >= 15 is 0 Å². The van der Waals surface area contributed by atoms with Gasteiger partial charge in [0.15, 0.2) is 0 Å². The largest absolute Gasteiger partial charge is 0.507 e. The monoisotopic (exact) mass is 506 g/mol. The number of halogens is 1. The van der Waals surface area contributed by atoms with E-state index in [2.05, 4.69) is 15.9 Å². The summed E-state index contributed by atoms with van der Waals surface area (Å²) in [6.07, 6.45) is 0. The van der Waals surface area contributed by atoms with E-state index in [9.17, 15) is 9.90 Å². The van der Waals surface area contributed by atoms with Crippen molar-refractivity contribution in [3.8, 4) is 23.0 Å². The van der Waals surface area contributed by atoms with Crippen LogP contribution in [0.15, 0.2) is 69.9 Å². The molecule has 1 fully saturated rings. The summed E-state index contributed by atoms with van der Waals surface area (Å²) in [4.78, 5) is 17.9. The van der Waals surface area contributed by atoms with E-state index in [0.717, 1.165) is 36.9 Å². The molecule has 0 atom stereocenters. The Hall–Kier alpha value is -3.68.